The van der Waals surface area contributed by atoms with Crippen molar-refractivity contribution in [1.29, 1.82) is 0 Å². The zero-order chi connectivity index (χ0) is 16.1. The van der Waals surface area contributed by atoms with Gasteiger partial charge in [0.25, 0.3) is 5.91 Å². The molecule has 2 rings (SSSR count). The van der Waals surface area contributed by atoms with Gasteiger partial charge in [0, 0.05) is 16.8 Å². The summed E-state index contributed by atoms with van der Waals surface area (Å²) in [6.07, 6.45) is 1.39. The average molecular weight is 319 g/mol. The number of nitrogens with zero attached hydrogens (tertiary/aromatic N) is 1. The number of esters is 1. The number of methoxy groups -OCH3 is 1. The lowest BCUT2D eigenvalue weighted by Crippen LogP contribution is -2.27. The van der Waals surface area contributed by atoms with E-state index >= 15 is 0 Å². The largest absolute Gasteiger partial charge is 0.464 e. The number of aromatic nitrogens is 1. The van der Waals surface area contributed by atoms with Gasteiger partial charge in [0.05, 0.1) is 13.2 Å². The number of benzene rings is 1. The Bertz CT molecular complexity index is 703. The molecule has 0 aliphatic rings. The van der Waals surface area contributed by atoms with Crippen LogP contribution in [0.3, 0.4) is 0 Å². The monoisotopic (exact) mass is 318 g/mol. The predicted octanol–water partition coefficient (Wildman–Crippen LogP) is 3.01. The van der Waals surface area contributed by atoms with Crippen LogP contribution in [0.5, 0.6) is 0 Å². The van der Waals surface area contributed by atoms with Crippen LogP contribution >= 0.6 is 11.6 Å². The zero-order valence-corrected chi connectivity index (χ0v) is 12.9. The van der Waals surface area contributed by atoms with Crippen molar-refractivity contribution in [1.82, 2.24) is 10.3 Å². The number of ether oxygens (including phenoxy) is 1. The SMILES string of the molecule is COC(=O)c1cc(C(=O)N[C@@H](C)c2cccc(Cl)c2)ccn1. The smallest absolute Gasteiger partial charge is 0.356 e. The van der Waals surface area contributed by atoms with E-state index in [9.17, 15) is 9.59 Å². The Hall–Kier alpha value is -2.40. The number of nitrogens with one attached hydrogen (secondary N) is 1. The van der Waals surface area contributed by atoms with Gasteiger partial charge >= 0.3 is 5.97 Å². The van der Waals surface area contributed by atoms with Gasteiger partial charge in [-0.25, -0.2) is 9.78 Å². The first kappa shape index (κ1) is 16.0. The standard InChI is InChI=1S/C16H15ClN2O3/c1-10(11-4-3-5-13(17)8-11)19-15(20)12-6-7-18-14(9-12)16(21)22-2/h3-10H,1-2H3,(H,19,20)/t10-/m0/s1. The van der Waals surface area contributed by atoms with Gasteiger partial charge in [0.15, 0.2) is 0 Å². The first-order chi connectivity index (χ1) is 10.5. The molecule has 0 unspecified atom stereocenters. The molecule has 1 N–H and O–H groups in total. The fraction of sp³-hybridized carbons (Fsp3) is 0.188. The van der Waals surface area contributed by atoms with E-state index in [0.29, 0.717) is 10.6 Å². The van der Waals surface area contributed by atoms with Crippen molar-refractivity contribution >= 4 is 23.5 Å². The predicted molar refractivity (Wildman–Crippen MR) is 82.9 cm³/mol. The van der Waals surface area contributed by atoms with Crippen LogP contribution < -0.4 is 5.32 Å². The molecule has 1 heterocycles. The minimum absolute atomic E-state index is 0.0885. The van der Waals surface area contributed by atoms with E-state index < -0.39 is 5.97 Å². The van der Waals surface area contributed by atoms with Crippen molar-refractivity contribution in [3.63, 3.8) is 0 Å². The Morgan fingerprint density at radius 3 is 2.73 bits per heavy atom. The second kappa shape index (κ2) is 7.04. The van der Waals surface area contributed by atoms with Crippen LogP contribution in [0.25, 0.3) is 0 Å². The summed E-state index contributed by atoms with van der Waals surface area (Å²) in [5.41, 5.74) is 1.32. The summed E-state index contributed by atoms with van der Waals surface area (Å²) in [6.45, 7) is 1.85. The average Bonchev–Trinajstić information content (AvgIpc) is 2.54. The highest BCUT2D eigenvalue weighted by atomic mass is 35.5. The van der Waals surface area contributed by atoms with Gasteiger partial charge in [0.1, 0.15) is 5.69 Å². The number of carbonyl (C=O) groups excluding carboxylic acids is 2. The molecule has 2 aromatic rings. The molecule has 0 saturated heterocycles. The normalized spacial score (nSPS) is 11.6. The molecule has 1 aromatic carbocycles. The van der Waals surface area contributed by atoms with E-state index in [2.05, 4.69) is 15.0 Å². The van der Waals surface area contributed by atoms with Crippen LogP contribution in [0, 0.1) is 0 Å². The third-order valence-electron chi connectivity index (χ3n) is 3.11. The second-order valence-corrected chi connectivity index (χ2v) is 5.11. The fourth-order valence-electron chi connectivity index (χ4n) is 1.93. The van der Waals surface area contributed by atoms with Crippen LogP contribution in [0.2, 0.25) is 5.02 Å². The third kappa shape index (κ3) is 3.83. The zero-order valence-electron chi connectivity index (χ0n) is 12.2. The lowest BCUT2D eigenvalue weighted by Gasteiger charge is -2.14. The van der Waals surface area contributed by atoms with Crippen molar-refractivity contribution in [2.45, 2.75) is 13.0 Å². The number of rotatable bonds is 4. The first-order valence-corrected chi connectivity index (χ1v) is 6.99. The molecule has 1 atom stereocenters. The van der Waals surface area contributed by atoms with Gasteiger partial charge < -0.3 is 10.1 Å². The maximum Gasteiger partial charge on any atom is 0.356 e. The summed E-state index contributed by atoms with van der Waals surface area (Å²) < 4.78 is 4.59. The molecule has 0 bridgehead atoms. The van der Waals surface area contributed by atoms with Crippen molar-refractivity contribution < 1.29 is 14.3 Å². The van der Waals surface area contributed by atoms with E-state index in [-0.39, 0.29) is 17.6 Å². The Kier molecular flexibility index (Phi) is 5.12. The van der Waals surface area contributed by atoms with Gasteiger partial charge in [-0.3, -0.25) is 4.79 Å². The Morgan fingerprint density at radius 1 is 1.27 bits per heavy atom. The Morgan fingerprint density at radius 2 is 2.05 bits per heavy atom. The second-order valence-electron chi connectivity index (χ2n) is 4.67. The van der Waals surface area contributed by atoms with Crippen molar-refractivity contribution in [2.75, 3.05) is 7.11 Å². The van der Waals surface area contributed by atoms with E-state index in [0.717, 1.165) is 5.56 Å². The summed E-state index contributed by atoms with van der Waals surface area (Å²) >= 11 is 5.94. The highest BCUT2D eigenvalue weighted by Gasteiger charge is 2.14. The molecule has 1 aromatic heterocycles. The quantitative estimate of drug-likeness (QED) is 0.880. The lowest BCUT2D eigenvalue weighted by atomic mass is 10.1. The van der Waals surface area contributed by atoms with E-state index in [4.69, 9.17) is 11.6 Å². The topological polar surface area (TPSA) is 68.3 Å². The molecule has 0 aliphatic carbocycles. The van der Waals surface area contributed by atoms with Crippen LogP contribution in [-0.4, -0.2) is 24.0 Å². The van der Waals surface area contributed by atoms with Crippen LogP contribution in [0.1, 0.15) is 39.4 Å². The Labute approximate surface area is 133 Å². The molecule has 0 aliphatic heterocycles. The van der Waals surface area contributed by atoms with E-state index in [1.807, 2.05) is 19.1 Å². The van der Waals surface area contributed by atoms with Gasteiger partial charge in [-0.15, -0.1) is 0 Å². The number of hydrogen-bond donors (Lipinski definition) is 1. The Balaban J connectivity index is 2.13. The van der Waals surface area contributed by atoms with Gasteiger partial charge in [-0.1, -0.05) is 23.7 Å². The third-order valence-corrected chi connectivity index (χ3v) is 3.35. The number of hydrogen-bond acceptors (Lipinski definition) is 4. The first-order valence-electron chi connectivity index (χ1n) is 6.62. The molecular weight excluding hydrogens is 304 g/mol. The van der Waals surface area contributed by atoms with Gasteiger partial charge in [0.2, 0.25) is 0 Å². The van der Waals surface area contributed by atoms with Gasteiger partial charge in [-0.05, 0) is 36.8 Å². The minimum atomic E-state index is -0.586. The molecule has 0 fully saturated rings. The molecule has 22 heavy (non-hydrogen) atoms. The van der Waals surface area contributed by atoms with Gasteiger partial charge in [-0.2, -0.15) is 0 Å². The summed E-state index contributed by atoms with van der Waals surface area (Å²) in [7, 11) is 1.26. The number of amides is 1. The van der Waals surface area contributed by atoms with Crippen molar-refractivity contribution in [3.05, 3.63) is 64.4 Å². The molecule has 5 nitrogen and oxygen atoms in total. The van der Waals surface area contributed by atoms with E-state index in [1.54, 1.807) is 12.1 Å². The highest BCUT2D eigenvalue weighted by Crippen LogP contribution is 2.18. The summed E-state index contributed by atoms with van der Waals surface area (Å²) in [5.74, 6) is -0.891. The summed E-state index contributed by atoms with van der Waals surface area (Å²) in [6, 6.07) is 9.97. The lowest BCUT2D eigenvalue weighted by molar-refractivity contribution is 0.0594. The maximum atomic E-state index is 12.3. The fourth-order valence-corrected chi connectivity index (χ4v) is 2.13. The summed E-state index contributed by atoms with van der Waals surface area (Å²) in [4.78, 5) is 27.6. The number of pyridine rings is 1. The van der Waals surface area contributed by atoms with Crippen molar-refractivity contribution in [3.8, 4) is 0 Å². The number of carbonyl (C=O) groups is 2. The van der Waals surface area contributed by atoms with Crippen LogP contribution in [-0.2, 0) is 4.74 Å². The molecule has 6 heteroatoms. The molecule has 1 amide bonds. The molecule has 114 valence electrons. The molecular formula is C16H15ClN2O3. The maximum absolute atomic E-state index is 12.3. The van der Waals surface area contributed by atoms with Crippen LogP contribution in [0.15, 0.2) is 42.6 Å². The highest BCUT2D eigenvalue weighted by molar-refractivity contribution is 6.30. The van der Waals surface area contributed by atoms with Crippen molar-refractivity contribution in [2.24, 2.45) is 0 Å². The van der Waals surface area contributed by atoms with Crippen LogP contribution in [0.4, 0.5) is 0 Å². The molecule has 0 radical (unpaired) electrons. The van der Waals surface area contributed by atoms with E-state index in [1.165, 1.54) is 25.4 Å². The summed E-state index contributed by atoms with van der Waals surface area (Å²) in [5, 5.41) is 3.45. The molecule has 0 saturated carbocycles. The molecule has 0 spiro atoms. The minimum Gasteiger partial charge on any atom is -0.464 e. The number of halogens is 1.